The van der Waals surface area contributed by atoms with Crippen LogP contribution in [0.25, 0.3) is 0 Å². The van der Waals surface area contributed by atoms with Gasteiger partial charge in [0.2, 0.25) is 5.91 Å². The number of carbonyl (C=O) groups excluding carboxylic acids is 2. The van der Waals surface area contributed by atoms with Gasteiger partial charge in [0, 0.05) is 7.05 Å². The van der Waals surface area contributed by atoms with Crippen molar-refractivity contribution in [1.82, 2.24) is 10.2 Å². The van der Waals surface area contributed by atoms with Crippen molar-refractivity contribution in [2.75, 3.05) is 27.2 Å². The SMILES string of the molecule is CCCC(C(=O)OCC)N(C)CC(=O)NC. The second kappa shape index (κ2) is 8.10. The highest BCUT2D eigenvalue weighted by atomic mass is 16.5. The average Bonchev–Trinajstić information content (AvgIpc) is 2.25. The van der Waals surface area contributed by atoms with Crippen molar-refractivity contribution in [2.45, 2.75) is 32.7 Å². The van der Waals surface area contributed by atoms with Crippen LogP contribution in [0.4, 0.5) is 0 Å². The molecule has 0 radical (unpaired) electrons. The number of hydrogen-bond acceptors (Lipinski definition) is 4. The fourth-order valence-corrected chi connectivity index (χ4v) is 1.45. The molecule has 0 heterocycles. The van der Waals surface area contributed by atoms with Crippen molar-refractivity contribution >= 4 is 11.9 Å². The van der Waals surface area contributed by atoms with E-state index in [1.807, 2.05) is 6.92 Å². The highest BCUT2D eigenvalue weighted by molar-refractivity contribution is 5.80. The maximum Gasteiger partial charge on any atom is 0.323 e. The van der Waals surface area contributed by atoms with Gasteiger partial charge in [-0.2, -0.15) is 0 Å². The fraction of sp³-hybridized carbons (Fsp3) is 0.818. The molecule has 0 aliphatic heterocycles. The minimum absolute atomic E-state index is 0.104. The van der Waals surface area contributed by atoms with Crippen molar-refractivity contribution in [2.24, 2.45) is 0 Å². The number of hydrogen-bond donors (Lipinski definition) is 1. The zero-order chi connectivity index (χ0) is 12.6. The highest BCUT2D eigenvalue weighted by Gasteiger charge is 2.24. The molecule has 0 aromatic heterocycles. The van der Waals surface area contributed by atoms with E-state index in [2.05, 4.69) is 5.32 Å². The van der Waals surface area contributed by atoms with Crippen LogP contribution in [0.2, 0.25) is 0 Å². The van der Waals surface area contributed by atoms with Gasteiger partial charge in [0.1, 0.15) is 6.04 Å². The first-order valence-electron chi connectivity index (χ1n) is 5.64. The van der Waals surface area contributed by atoms with Crippen LogP contribution in [0.15, 0.2) is 0 Å². The van der Waals surface area contributed by atoms with E-state index in [1.54, 1.807) is 25.9 Å². The maximum atomic E-state index is 11.6. The van der Waals surface area contributed by atoms with Gasteiger partial charge in [0.05, 0.1) is 13.2 Å². The van der Waals surface area contributed by atoms with Gasteiger partial charge in [-0.1, -0.05) is 13.3 Å². The standard InChI is InChI=1S/C11H22N2O3/c1-5-7-9(11(15)16-6-2)13(4)8-10(14)12-3/h9H,5-8H2,1-4H3,(H,12,14). The normalized spacial score (nSPS) is 12.3. The summed E-state index contributed by atoms with van der Waals surface area (Å²) in [6.45, 7) is 4.35. The van der Waals surface area contributed by atoms with E-state index in [0.717, 1.165) is 6.42 Å². The van der Waals surface area contributed by atoms with Gasteiger partial charge >= 0.3 is 5.97 Å². The van der Waals surface area contributed by atoms with Crippen molar-refractivity contribution in [3.8, 4) is 0 Å². The number of likely N-dealkylation sites (N-methyl/N-ethyl adjacent to an activating group) is 2. The first-order chi connectivity index (χ1) is 7.56. The molecule has 0 saturated heterocycles. The molecule has 5 nitrogen and oxygen atoms in total. The summed E-state index contributed by atoms with van der Waals surface area (Å²) in [5.41, 5.74) is 0. The van der Waals surface area contributed by atoms with Crippen LogP contribution in [-0.2, 0) is 14.3 Å². The summed E-state index contributed by atoms with van der Waals surface area (Å²) in [5.74, 6) is -0.358. The van der Waals surface area contributed by atoms with E-state index in [9.17, 15) is 9.59 Å². The maximum absolute atomic E-state index is 11.6. The van der Waals surface area contributed by atoms with E-state index in [-0.39, 0.29) is 24.5 Å². The summed E-state index contributed by atoms with van der Waals surface area (Å²) in [6.07, 6.45) is 1.58. The number of carbonyl (C=O) groups is 2. The lowest BCUT2D eigenvalue weighted by molar-refractivity contribution is -0.149. The van der Waals surface area contributed by atoms with Gasteiger partial charge in [0.25, 0.3) is 0 Å². The van der Waals surface area contributed by atoms with E-state index >= 15 is 0 Å². The third-order valence-electron chi connectivity index (χ3n) is 2.32. The third-order valence-corrected chi connectivity index (χ3v) is 2.32. The van der Waals surface area contributed by atoms with Crippen molar-refractivity contribution in [3.63, 3.8) is 0 Å². The van der Waals surface area contributed by atoms with E-state index in [1.165, 1.54) is 0 Å². The molecule has 0 aliphatic rings. The van der Waals surface area contributed by atoms with Crippen LogP contribution in [0.1, 0.15) is 26.7 Å². The van der Waals surface area contributed by atoms with E-state index in [4.69, 9.17) is 4.74 Å². The van der Waals surface area contributed by atoms with Crippen LogP contribution >= 0.6 is 0 Å². The Balaban J connectivity index is 4.38. The van der Waals surface area contributed by atoms with Crippen LogP contribution in [-0.4, -0.2) is 50.1 Å². The second-order valence-electron chi connectivity index (χ2n) is 3.64. The Hall–Kier alpha value is -1.10. The number of esters is 1. The number of nitrogens with zero attached hydrogens (tertiary/aromatic N) is 1. The number of nitrogens with one attached hydrogen (secondary N) is 1. The van der Waals surface area contributed by atoms with Crippen molar-refractivity contribution in [3.05, 3.63) is 0 Å². The topological polar surface area (TPSA) is 58.6 Å². The van der Waals surface area contributed by atoms with Crippen LogP contribution in [0.3, 0.4) is 0 Å². The lowest BCUT2D eigenvalue weighted by Crippen LogP contribution is -2.44. The molecule has 0 aromatic carbocycles. The summed E-state index contributed by atoms with van der Waals surface area (Å²) >= 11 is 0. The van der Waals surface area contributed by atoms with Crippen molar-refractivity contribution in [1.29, 1.82) is 0 Å². The smallest absolute Gasteiger partial charge is 0.323 e. The molecule has 1 atom stereocenters. The zero-order valence-electron chi connectivity index (χ0n) is 10.6. The minimum atomic E-state index is -0.331. The summed E-state index contributed by atoms with van der Waals surface area (Å²) in [6, 6.07) is -0.331. The molecular weight excluding hydrogens is 208 g/mol. The fourth-order valence-electron chi connectivity index (χ4n) is 1.45. The first kappa shape index (κ1) is 14.9. The average molecular weight is 230 g/mol. The Morgan fingerprint density at radius 3 is 2.44 bits per heavy atom. The molecule has 0 rings (SSSR count). The lowest BCUT2D eigenvalue weighted by atomic mass is 10.1. The Morgan fingerprint density at radius 2 is 2.00 bits per heavy atom. The third kappa shape index (κ3) is 5.11. The van der Waals surface area contributed by atoms with Gasteiger partial charge in [-0.05, 0) is 20.4 Å². The van der Waals surface area contributed by atoms with E-state index in [0.29, 0.717) is 13.0 Å². The molecule has 0 aromatic rings. The van der Waals surface area contributed by atoms with E-state index < -0.39 is 0 Å². The molecule has 1 N–H and O–H groups in total. The molecule has 0 saturated carbocycles. The second-order valence-corrected chi connectivity index (χ2v) is 3.64. The van der Waals surface area contributed by atoms with Crippen LogP contribution in [0, 0.1) is 0 Å². The molecular formula is C11H22N2O3. The molecule has 5 heteroatoms. The molecule has 0 spiro atoms. The largest absolute Gasteiger partial charge is 0.465 e. The molecule has 1 unspecified atom stereocenters. The zero-order valence-corrected chi connectivity index (χ0v) is 10.6. The monoisotopic (exact) mass is 230 g/mol. The van der Waals surface area contributed by atoms with Gasteiger partial charge in [-0.3, -0.25) is 14.5 Å². The van der Waals surface area contributed by atoms with Gasteiger partial charge in [-0.15, -0.1) is 0 Å². The summed E-state index contributed by atoms with van der Waals surface area (Å²) in [7, 11) is 3.34. The van der Waals surface area contributed by atoms with Gasteiger partial charge < -0.3 is 10.1 Å². The Bertz CT molecular complexity index is 231. The van der Waals surface area contributed by atoms with Crippen LogP contribution in [0.5, 0.6) is 0 Å². The minimum Gasteiger partial charge on any atom is -0.465 e. The predicted octanol–water partition coefficient (Wildman–Crippen LogP) is 0.396. The quantitative estimate of drug-likeness (QED) is 0.643. The van der Waals surface area contributed by atoms with Gasteiger partial charge in [-0.25, -0.2) is 0 Å². The molecule has 16 heavy (non-hydrogen) atoms. The summed E-state index contributed by atoms with van der Waals surface area (Å²) in [5, 5.41) is 2.53. The first-order valence-corrected chi connectivity index (χ1v) is 5.64. The molecule has 1 amide bonds. The summed E-state index contributed by atoms with van der Waals surface area (Å²) in [4.78, 5) is 24.6. The number of amides is 1. The predicted molar refractivity (Wildman–Crippen MR) is 62.0 cm³/mol. The lowest BCUT2D eigenvalue weighted by Gasteiger charge is -2.25. The van der Waals surface area contributed by atoms with Gasteiger partial charge in [0.15, 0.2) is 0 Å². The number of rotatable bonds is 7. The molecule has 0 aliphatic carbocycles. The summed E-state index contributed by atoms with van der Waals surface area (Å²) < 4.78 is 4.98. The van der Waals surface area contributed by atoms with Crippen LogP contribution < -0.4 is 5.32 Å². The van der Waals surface area contributed by atoms with Crippen molar-refractivity contribution < 1.29 is 14.3 Å². The Kier molecular flexibility index (Phi) is 7.54. The highest BCUT2D eigenvalue weighted by Crippen LogP contribution is 2.07. The molecule has 0 fully saturated rings. The molecule has 0 bridgehead atoms. The number of ether oxygens (including phenoxy) is 1. The molecule has 94 valence electrons. The Morgan fingerprint density at radius 1 is 1.38 bits per heavy atom. The Labute approximate surface area is 97.1 Å².